The van der Waals surface area contributed by atoms with E-state index in [0.29, 0.717) is 29.8 Å². The van der Waals surface area contributed by atoms with Gasteiger partial charge < -0.3 is 15.3 Å². The maximum absolute atomic E-state index is 13.2. The Kier molecular flexibility index (Phi) is 5.04. The lowest BCUT2D eigenvalue weighted by Gasteiger charge is -2.25. The molecule has 146 valence electrons. The van der Waals surface area contributed by atoms with Gasteiger partial charge in [-0.3, -0.25) is 9.59 Å². The standard InChI is InChI=1S/C24H22N2O3/c1-16-20(27)13-12-19-21(16)24(29)26(15-18-10-6-3-7-11-18)22(19)23(28)25-14-17-8-4-2-5-9-17/h2-13,22,27H,14-15H2,1H3,(H,25,28). The Hall–Kier alpha value is -3.60. The number of hydrogen-bond acceptors (Lipinski definition) is 3. The summed E-state index contributed by atoms with van der Waals surface area (Å²) >= 11 is 0. The van der Waals surface area contributed by atoms with Gasteiger partial charge in [0, 0.05) is 18.7 Å². The van der Waals surface area contributed by atoms with Crippen LogP contribution in [0.2, 0.25) is 0 Å². The lowest BCUT2D eigenvalue weighted by atomic mass is 9.99. The van der Waals surface area contributed by atoms with E-state index in [0.717, 1.165) is 11.1 Å². The van der Waals surface area contributed by atoms with Crippen molar-refractivity contribution >= 4 is 11.8 Å². The Morgan fingerprint density at radius 3 is 2.24 bits per heavy atom. The van der Waals surface area contributed by atoms with Crippen molar-refractivity contribution in [1.82, 2.24) is 10.2 Å². The minimum atomic E-state index is -0.735. The zero-order valence-corrected chi connectivity index (χ0v) is 16.1. The van der Waals surface area contributed by atoms with Gasteiger partial charge in [-0.25, -0.2) is 0 Å². The molecule has 0 fully saturated rings. The number of nitrogens with one attached hydrogen (secondary N) is 1. The number of hydrogen-bond donors (Lipinski definition) is 2. The van der Waals surface area contributed by atoms with Gasteiger partial charge in [-0.1, -0.05) is 66.7 Å². The molecule has 0 aromatic heterocycles. The summed E-state index contributed by atoms with van der Waals surface area (Å²) < 4.78 is 0. The predicted molar refractivity (Wildman–Crippen MR) is 110 cm³/mol. The molecule has 3 aromatic carbocycles. The molecule has 1 unspecified atom stereocenters. The fourth-order valence-electron chi connectivity index (χ4n) is 3.77. The second-order valence-corrected chi connectivity index (χ2v) is 7.20. The van der Waals surface area contributed by atoms with E-state index in [1.54, 1.807) is 24.0 Å². The van der Waals surface area contributed by atoms with Gasteiger partial charge in [-0.2, -0.15) is 0 Å². The molecule has 29 heavy (non-hydrogen) atoms. The van der Waals surface area contributed by atoms with E-state index in [4.69, 9.17) is 0 Å². The third kappa shape index (κ3) is 3.59. The molecule has 2 N–H and O–H groups in total. The molecule has 1 heterocycles. The number of fused-ring (bicyclic) bond motifs is 1. The Balaban J connectivity index is 1.66. The van der Waals surface area contributed by atoms with Crippen LogP contribution in [0.5, 0.6) is 5.75 Å². The van der Waals surface area contributed by atoms with Crippen molar-refractivity contribution in [3.05, 3.63) is 101 Å². The summed E-state index contributed by atoms with van der Waals surface area (Å²) in [6.45, 7) is 2.41. The van der Waals surface area contributed by atoms with Crippen molar-refractivity contribution in [1.29, 1.82) is 0 Å². The lowest BCUT2D eigenvalue weighted by Crippen LogP contribution is -2.38. The fourth-order valence-corrected chi connectivity index (χ4v) is 3.77. The molecule has 2 amide bonds. The van der Waals surface area contributed by atoms with Crippen molar-refractivity contribution in [2.24, 2.45) is 0 Å². The molecule has 0 saturated carbocycles. The van der Waals surface area contributed by atoms with Gasteiger partial charge in [0.2, 0.25) is 5.91 Å². The number of carbonyl (C=O) groups is 2. The first kappa shape index (κ1) is 18.7. The quantitative estimate of drug-likeness (QED) is 0.702. The van der Waals surface area contributed by atoms with E-state index in [9.17, 15) is 14.7 Å². The molecule has 3 aromatic rings. The number of phenols is 1. The number of nitrogens with zero attached hydrogens (tertiary/aromatic N) is 1. The van der Waals surface area contributed by atoms with Crippen molar-refractivity contribution < 1.29 is 14.7 Å². The van der Waals surface area contributed by atoms with E-state index in [-0.39, 0.29) is 17.6 Å². The minimum Gasteiger partial charge on any atom is -0.508 e. The van der Waals surface area contributed by atoms with Crippen LogP contribution in [0.4, 0.5) is 0 Å². The number of aromatic hydroxyl groups is 1. The fraction of sp³-hybridized carbons (Fsp3) is 0.167. The summed E-state index contributed by atoms with van der Waals surface area (Å²) in [5.74, 6) is -0.416. The van der Waals surface area contributed by atoms with Crippen molar-refractivity contribution in [3.63, 3.8) is 0 Å². The van der Waals surface area contributed by atoms with E-state index in [1.165, 1.54) is 0 Å². The Morgan fingerprint density at radius 1 is 0.966 bits per heavy atom. The molecule has 0 saturated heterocycles. The highest BCUT2D eigenvalue weighted by Gasteiger charge is 2.42. The third-order valence-corrected chi connectivity index (χ3v) is 5.30. The van der Waals surface area contributed by atoms with Crippen LogP contribution in [0.15, 0.2) is 72.8 Å². The topological polar surface area (TPSA) is 69.6 Å². The molecule has 0 aliphatic carbocycles. The van der Waals surface area contributed by atoms with E-state index in [2.05, 4.69) is 5.32 Å². The molecule has 1 aliphatic heterocycles. The van der Waals surface area contributed by atoms with Gasteiger partial charge in [-0.15, -0.1) is 0 Å². The van der Waals surface area contributed by atoms with Gasteiger partial charge in [0.15, 0.2) is 0 Å². The SMILES string of the molecule is Cc1c(O)ccc2c1C(=O)N(Cc1ccccc1)C2C(=O)NCc1ccccc1. The summed E-state index contributed by atoms with van der Waals surface area (Å²) in [5, 5.41) is 13.0. The third-order valence-electron chi connectivity index (χ3n) is 5.30. The first-order valence-electron chi connectivity index (χ1n) is 9.55. The molecule has 1 atom stereocenters. The molecule has 4 rings (SSSR count). The number of phenolic OH excluding ortho intramolecular Hbond substituents is 1. The Morgan fingerprint density at radius 2 is 1.59 bits per heavy atom. The minimum absolute atomic E-state index is 0.0575. The van der Waals surface area contributed by atoms with Crippen LogP contribution in [0.3, 0.4) is 0 Å². The van der Waals surface area contributed by atoms with Gasteiger partial charge >= 0.3 is 0 Å². The van der Waals surface area contributed by atoms with Crippen LogP contribution in [0.25, 0.3) is 0 Å². The largest absolute Gasteiger partial charge is 0.508 e. The van der Waals surface area contributed by atoms with Gasteiger partial charge in [0.1, 0.15) is 11.8 Å². The second-order valence-electron chi connectivity index (χ2n) is 7.20. The first-order valence-corrected chi connectivity index (χ1v) is 9.55. The van der Waals surface area contributed by atoms with E-state index < -0.39 is 6.04 Å². The van der Waals surface area contributed by atoms with Crippen molar-refractivity contribution in [2.75, 3.05) is 0 Å². The van der Waals surface area contributed by atoms with Crippen LogP contribution in [0, 0.1) is 6.92 Å². The van der Waals surface area contributed by atoms with E-state index >= 15 is 0 Å². The highest BCUT2D eigenvalue weighted by Crippen LogP contribution is 2.39. The van der Waals surface area contributed by atoms with Gasteiger partial charge in [0.25, 0.3) is 5.91 Å². The van der Waals surface area contributed by atoms with Crippen LogP contribution in [-0.4, -0.2) is 21.8 Å². The van der Waals surface area contributed by atoms with E-state index in [1.807, 2.05) is 60.7 Å². The lowest BCUT2D eigenvalue weighted by molar-refractivity contribution is -0.125. The summed E-state index contributed by atoms with van der Waals surface area (Å²) in [4.78, 5) is 27.9. The number of carbonyl (C=O) groups excluding carboxylic acids is 2. The molecule has 0 radical (unpaired) electrons. The smallest absolute Gasteiger partial charge is 0.255 e. The molecular weight excluding hydrogens is 364 g/mol. The summed E-state index contributed by atoms with van der Waals surface area (Å²) in [7, 11) is 0. The zero-order chi connectivity index (χ0) is 20.4. The Bertz CT molecular complexity index is 1050. The monoisotopic (exact) mass is 386 g/mol. The molecule has 5 heteroatoms. The Labute approximate surface area is 169 Å². The molecular formula is C24H22N2O3. The maximum atomic E-state index is 13.2. The summed E-state index contributed by atoms with van der Waals surface area (Å²) in [5.41, 5.74) is 3.48. The van der Waals surface area contributed by atoms with Crippen LogP contribution in [0.1, 0.15) is 38.7 Å². The van der Waals surface area contributed by atoms with Crippen LogP contribution < -0.4 is 5.32 Å². The van der Waals surface area contributed by atoms with Crippen molar-refractivity contribution in [3.8, 4) is 5.75 Å². The maximum Gasteiger partial charge on any atom is 0.255 e. The summed E-state index contributed by atoms with van der Waals surface area (Å²) in [6, 6.07) is 21.7. The number of rotatable bonds is 5. The average Bonchev–Trinajstić information content (AvgIpc) is 3.02. The molecule has 5 nitrogen and oxygen atoms in total. The molecule has 0 bridgehead atoms. The molecule has 0 spiro atoms. The average molecular weight is 386 g/mol. The van der Waals surface area contributed by atoms with Gasteiger partial charge in [0.05, 0.1) is 5.56 Å². The second kappa shape index (κ2) is 7.80. The highest BCUT2D eigenvalue weighted by atomic mass is 16.3. The predicted octanol–water partition coefficient (Wildman–Crippen LogP) is 3.71. The molecule has 1 aliphatic rings. The normalized spacial score (nSPS) is 15.3. The van der Waals surface area contributed by atoms with Crippen molar-refractivity contribution in [2.45, 2.75) is 26.1 Å². The van der Waals surface area contributed by atoms with Crippen LogP contribution in [-0.2, 0) is 17.9 Å². The first-order chi connectivity index (χ1) is 14.1. The number of amides is 2. The highest BCUT2D eigenvalue weighted by molar-refractivity contribution is 6.06. The number of benzene rings is 3. The summed E-state index contributed by atoms with van der Waals surface area (Å²) in [6.07, 6.45) is 0. The van der Waals surface area contributed by atoms with Crippen LogP contribution >= 0.6 is 0 Å². The van der Waals surface area contributed by atoms with Gasteiger partial charge in [-0.05, 0) is 29.7 Å². The zero-order valence-electron chi connectivity index (χ0n) is 16.1.